The summed E-state index contributed by atoms with van der Waals surface area (Å²) in [4.78, 5) is 7.19. The molecule has 0 N–H and O–H groups in total. The maximum absolute atomic E-state index is 5.62. The van der Waals surface area contributed by atoms with Crippen LogP contribution in [-0.4, -0.2) is 22.5 Å². The Morgan fingerprint density at radius 1 is 1.25 bits per heavy atom. The fourth-order valence-electron chi connectivity index (χ4n) is 3.03. The number of aromatic nitrogens is 1. The molecule has 106 valence electrons. The minimum atomic E-state index is 0.709. The molecule has 1 aromatic heterocycles. The Labute approximate surface area is 120 Å². The van der Waals surface area contributed by atoms with Crippen molar-refractivity contribution in [3.63, 3.8) is 0 Å². The Balaban J connectivity index is 1.71. The van der Waals surface area contributed by atoms with Gasteiger partial charge in [-0.2, -0.15) is 0 Å². The minimum absolute atomic E-state index is 0.709. The summed E-state index contributed by atoms with van der Waals surface area (Å²) in [5.41, 5.74) is 2.09. The van der Waals surface area contributed by atoms with E-state index < -0.39 is 0 Å². The van der Waals surface area contributed by atoms with Crippen LogP contribution in [0.5, 0.6) is 0 Å². The van der Waals surface area contributed by atoms with Gasteiger partial charge in [0.05, 0.1) is 5.69 Å². The molecule has 3 rings (SSSR count). The highest BCUT2D eigenvalue weighted by Gasteiger charge is 2.21. The Hall–Kier alpha value is -1.61. The summed E-state index contributed by atoms with van der Waals surface area (Å²) in [6.07, 6.45) is 7.02. The Morgan fingerprint density at radius 3 is 2.90 bits per heavy atom. The van der Waals surface area contributed by atoms with Crippen molar-refractivity contribution in [2.75, 3.05) is 6.54 Å². The molecule has 3 nitrogen and oxygen atoms in total. The van der Waals surface area contributed by atoms with Crippen LogP contribution in [0.3, 0.4) is 0 Å². The third-order valence-electron chi connectivity index (χ3n) is 4.16. The van der Waals surface area contributed by atoms with Crippen molar-refractivity contribution in [1.29, 1.82) is 0 Å². The van der Waals surface area contributed by atoms with E-state index in [9.17, 15) is 0 Å². The summed E-state index contributed by atoms with van der Waals surface area (Å²) in [5.74, 6) is 0.727. The second-order valence-electron chi connectivity index (χ2n) is 5.54. The van der Waals surface area contributed by atoms with E-state index in [-0.39, 0.29) is 0 Å². The van der Waals surface area contributed by atoms with Crippen LogP contribution in [0.1, 0.15) is 38.3 Å². The molecule has 0 radical (unpaired) electrons. The largest absolute Gasteiger partial charge is 0.444 e. The van der Waals surface area contributed by atoms with Gasteiger partial charge in [0.15, 0.2) is 0 Å². The van der Waals surface area contributed by atoms with E-state index in [0.29, 0.717) is 6.04 Å². The van der Waals surface area contributed by atoms with E-state index in [4.69, 9.17) is 4.42 Å². The molecule has 1 aromatic carbocycles. The predicted molar refractivity (Wildman–Crippen MR) is 80.3 cm³/mol. The van der Waals surface area contributed by atoms with Gasteiger partial charge in [-0.1, -0.05) is 31.5 Å². The van der Waals surface area contributed by atoms with Crippen LogP contribution in [-0.2, 0) is 6.54 Å². The average molecular weight is 270 g/mol. The molecule has 2 aromatic rings. The van der Waals surface area contributed by atoms with Gasteiger partial charge in [-0.3, -0.25) is 4.90 Å². The number of hydrogen-bond acceptors (Lipinski definition) is 3. The van der Waals surface area contributed by atoms with Gasteiger partial charge in [-0.05, 0) is 37.9 Å². The first-order valence-corrected chi connectivity index (χ1v) is 7.60. The smallest absolute Gasteiger partial charge is 0.226 e. The van der Waals surface area contributed by atoms with Crippen molar-refractivity contribution in [1.82, 2.24) is 9.88 Å². The molecule has 0 bridgehead atoms. The standard InChI is InChI=1S/C17H22N2O/c1-2-16-10-6-7-11-19(16)12-15-13-20-17(18-15)14-8-4-3-5-9-14/h3-5,8-9,13,16H,2,6-7,10-12H2,1H3. The van der Waals surface area contributed by atoms with Crippen LogP contribution >= 0.6 is 0 Å². The van der Waals surface area contributed by atoms with Gasteiger partial charge in [-0.15, -0.1) is 0 Å². The lowest BCUT2D eigenvalue weighted by Gasteiger charge is -2.34. The lowest BCUT2D eigenvalue weighted by Crippen LogP contribution is -2.38. The molecule has 1 fully saturated rings. The van der Waals surface area contributed by atoms with Gasteiger partial charge < -0.3 is 4.42 Å². The van der Waals surface area contributed by atoms with Crippen molar-refractivity contribution in [3.8, 4) is 11.5 Å². The second kappa shape index (κ2) is 6.23. The number of nitrogens with zero attached hydrogens (tertiary/aromatic N) is 2. The lowest BCUT2D eigenvalue weighted by atomic mass is 10.00. The zero-order valence-corrected chi connectivity index (χ0v) is 12.1. The summed E-state index contributed by atoms with van der Waals surface area (Å²) < 4.78 is 5.62. The fourth-order valence-corrected chi connectivity index (χ4v) is 3.03. The molecule has 0 amide bonds. The van der Waals surface area contributed by atoms with Gasteiger partial charge in [0.25, 0.3) is 0 Å². The van der Waals surface area contributed by atoms with E-state index in [1.54, 1.807) is 0 Å². The Bertz CT molecular complexity index is 535. The highest BCUT2D eigenvalue weighted by Crippen LogP contribution is 2.23. The Kier molecular flexibility index (Phi) is 4.16. The first kappa shape index (κ1) is 13.4. The quantitative estimate of drug-likeness (QED) is 0.837. The molecule has 1 aliphatic heterocycles. The van der Waals surface area contributed by atoms with E-state index in [0.717, 1.165) is 23.7 Å². The number of likely N-dealkylation sites (tertiary alicyclic amines) is 1. The van der Waals surface area contributed by atoms with E-state index in [1.807, 2.05) is 36.6 Å². The van der Waals surface area contributed by atoms with E-state index in [2.05, 4.69) is 16.8 Å². The fraction of sp³-hybridized carbons (Fsp3) is 0.471. The summed E-state index contributed by atoms with van der Waals surface area (Å²) in [7, 11) is 0. The zero-order valence-electron chi connectivity index (χ0n) is 12.1. The molecule has 20 heavy (non-hydrogen) atoms. The van der Waals surface area contributed by atoms with Crippen molar-refractivity contribution in [2.45, 2.75) is 45.2 Å². The summed E-state index contributed by atoms with van der Waals surface area (Å²) in [6.45, 7) is 4.38. The Morgan fingerprint density at radius 2 is 2.10 bits per heavy atom. The first-order chi connectivity index (χ1) is 9.86. The van der Waals surface area contributed by atoms with Gasteiger partial charge in [0, 0.05) is 18.2 Å². The molecular weight excluding hydrogens is 248 g/mol. The van der Waals surface area contributed by atoms with Crippen molar-refractivity contribution in [3.05, 3.63) is 42.3 Å². The average Bonchev–Trinajstić information content (AvgIpc) is 2.97. The molecule has 1 unspecified atom stereocenters. The maximum atomic E-state index is 5.62. The van der Waals surface area contributed by atoms with Crippen LogP contribution in [0, 0.1) is 0 Å². The summed E-state index contributed by atoms with van der Waals surface area (Å²) in [5, 5.41) is 0. The number of piperidine rings is 1. The monoisotopic (exact) mass is 270 g/mol. The minimum Gasteiger partial charge on any atom is -0.444 e. The number of rotatable bonds is 4. The molecule has 0 spiro atoms. The van der Waals surface area contributed by atoms with Crippen LogP contribution < -0.4 is 0 Å². The molecule has 2 heterocycles. The van der Waals surface area contributed by atoms with Crippen molar-refractivity contribution < 1.29 is 4.42 Å². The summed E-state index contributed by atoms with van der Waals surface area (Å²) in [6, 6.07) is 10.8. The summed E-state index contributed by atoms with van der Waals surface area (Å²) >= 11 is 0. The maximum Gasteiger partial charge on any atom is 0.226 e. The molecule has 0 saturated carbocycles. The first-order valence-electron chi connectivity index (χ1n) is 7.60. The van der Waals surface area contributed by atoms with Crippen molar-refractivity contribution in [2.24, 2.45) is 0 Å². The van der Waals surface area contributed by atoms with Gasteiger partial charge in [0.1, 0.15) is 6.26 Å². The molecule has 1 aliphatic rings. The number of hydrogen-bond donors (Lipinski definition) is 0. The molecular formula is C17H22N2O. The third-order valence-corrected chi connectivity index (χ3v) is 4.16. The molecule has 0 aliphatic carbocycles. The lowest BCUT2D eigenvalue weighted by molar-refractivity contribution is 0.134. The SMILES string of the molecule is CCC1CCCCN1Cc1coc(-c2ccccc2)n1. The second-order valence-corrected chi connectivity index (χ2v) is 5.54. The van der Waals surface area contributed by atoms with Crippen LogP contribution in [0.15, 0.2) is 41.0 Å². The van der Waals surface area contributed by atoms with Crippen LogP contribution in [0.2, 0.25) is 0 Å². The third kappa shape index (κ3) is 2.93. The zero-order chi connectivity index (χ0) is 13.8. The van der Waals surface area contributed by atoms with Gasteiger partial charge >= 0.3 is 0 Å². The highest BCUT2D eigenvalue weighted by atomic mass is 16.3. The van der Waals surface area contributed by atoms with Crippen LogP contribution in [0.4, 0.5) is 0 Å². The van der Waals surface area contributed by atoms with E-state index in [1.165, 1.54) is 32.2 Å². The van der Waals surface area contributed by atoms with Gasteiger partial charge in [0.2, 0.25) is 5.89 Å². The molecule has 1 saturated heterocycles. The number of oxazole rings is 1. The van der Waals surface area contributed by atoms with Gasteiger partial charge in [-0.25, -0.2) is 4.98 Å². The predicted octanol–water partition coefficient (Wildman–Crippen LogP) is 4.11. The van der Waals surface area contributed by atoms with Crippen LogP contribution in [0.25, 0.3) is 11.5 Å². The van der Waals surface area contributed by atoms with Crippen molar-refractivity contribution >= 4 is 0 Å². The normalized spacial score (nSPS) is 20.1. The van der Waals surface area contributed by atoms with E-state index >= 15 is 0 Å². The number of benzene rings is 1. The topological polar surface area (TPSA) is 29.3 Å². The molecule has 1 atom stereocenters. The molecule has 3 heteroatoms. The highest BCUT2D eigenvalue weighted by molar-refractivity contribution is 5.52.